The third-order valence-electron chi connectivity index (χ3n) is 3.29. The number of anilines is 1. The zero-order valence-electron chi connectivity index (χ0n) is 10.4. The molecule has 1 aromatic rings. The Morgan fingerprint density at radius 3 is 2.47 bits per heavy atom. The van der Waals surface area contributed by atoms with Crippen molar-refractivity contribution in [3.05, 3.63) is 11.6 Å². The quantitative estimate of drug-likeness (QED) is 0.912. The Morgan fingerprint density at radius 2 is 2.00 bits per heavy atom. The normalized spacial score (nSPS) is 19.7. The average Bonchev–Trinajstić information content (AvgIpc) is 2.89. The molecule has 8 heteroatoms. The third-order valence-corrected chi connectivity index (χ3v) is 4.12. The van der Waals surface area contributed by atoms with Crippen LogP contribution in [0.1, 0.15) is 0 Å². The van der Waals surface area contributed by atoms with Crippen molar-refractivity contribution in [1.82, 2.24) is 9.88 Å². The number of alkyl halides is 3. The predicted molar refractivity (Wildman–Crippen MR) is 69.4 cm³/mol. The summed E-state index contributed by atoms with van der Waals surface area (Å²) >= 11 is 1.55. The predicted octanol–water partition coefficient (Wildman–Crippen LogP) is 1.40. The molecule has 108 valence electrons. The van der Waals surface area contributed by atoms with Gasteiger partial charge in [-0.05, 0) is 0 Å². The van der Waals surface area contributed by atoms with E-state index in [9.17, 15) is 13.2 Å². The van der Waals surface area contributed by atoms with Crippen LogP contribution in [0.25, 0.3) is 0 Å². The highest BCUT2D eigenvalue weighted by molar-refractivity contribution is 7.13. The van der Waals surface area contributed by atoms with Crippen molar-refractivity contribution in [1.29, 1.82) is 0 Å². The van der Waals surface area contributed by atoms with Crippen LogP contribution in [-0.4, -0.2) is 55.3 Å². The summed E-state index contributed by atoms with van der Waals surface area (Å²) in [5.41, 5.74) is 5.22. The number of piperazine rings is 1. The average molecular weight is 294 g/mol. The summed E-state index contributed by atoms with van der Waals surface area (Å²) in [7, 11) is 0. The monoisotopic (exact) mass is 294 g/mol. The van der Waals surface area contributed by atoms with Crippen LogP contribution < -0.4 is 10.6 Å². The number of nitrogens with zero attached hydrogens (tertiary/aromatic N) is 3. The Morgan fingerprint density at radius 1 is 1.32 bits per heavy atom. The third kappa shape index (κ3) is 3.80. The number of aromatic nitrogens is 1. The molecule has 2 heterocycles. The zero-order valence-corrected chi connectivity index (χ0v) is 11.3. The van der Waals surface area contributed by atoms with E-state index < -0.39 is 12.1 Å². The number of halogens is 3. The molecule has 1 saturated heterocycles. The summed E-state index contributed by atoms with van der Waals surface area (Å²) in [5.74, 6) is -1.43. The molecule has 1 aliphatic rings. The lowest BCUT2D eigenvalue weighted by molar-refractivity contribution is -0.176. The van der Waals surface area contributed by atoms with Gasteiger partial charge in [0.2, 0.25) is 0 Å². The second-order valence-electron chi connectivity index (χ2n) is 4.58. The van der Waals surface area contributed by atoms with Gasteiger partial charge in [-0.1, -0.05) is 0 Å². The molecule has 0 radical (unpaired) electrons. The molecule has 4 nitrogen and oxygen atoms in total. The van der Waals surface area contributed by atoms with Crippen molar-refractivity contribution in [2.24, 2.45) is 11.7 Å². The van der Waals surface area contributed by atoms with E-state index in [1.54, 1.807) is 17.5 Å². The van der Waals surface area contributed by atoms with Crippen LogP contribution in [0, 0.1) is 5.92 Å². The summed E-state index contributed by atoms with van der Waals surface area (Å²) in [4.78, 5) is 8.14. The molecule has 1 atom stereocenters. The standard InChI is InChI=1S/C11H17F3N4S/c12-11(13,14)9(7-15)8-17-2-4-18(5-3-17)10-16-1-6-19-10/h1,6,9H,2-5,7-8,15H2. The van der Waals surface area contributed by atoms with E-state index in [0.29, 0.717) is 26.2 Å². The summed E-state index contributed by atoms with van der Waals surface area (Å²) < 4.78 is 37.9. The number of rotatable bonds is 4. The molecule has 1 unspecified atom stereocenters. The Hall–Kier alpha value is -0.860. The first-order valence-corrected chi connectivity index (χ1v) is 7.02. The summed E-state index contributed by atoms with van der Waals surface area (Å²) in [5, 5.41) is 2.83. The van der Waals surface area contributed by atoms with Crippen molar-refractivity contribution in [3.8, 4) is 0 Å². The van der Waals surface area contributed by atoms with Crippen molar-refractivity contribution < 1.29 is 13.2 Å². The van der Waals surface area contributed by atoms with E-state index >= 15 is 0 Å². The fourth-order valence-electron chi connectivity index (χ4n) is 2.12. The maximum absolute atomic E-state index is 12.6. The van der Waals surface area contributed by atoms with Gasteiger partial charge in [-0.15, -0.1) is 11.3 Å². The van der Waals surface area contributed by atoms with Crippen molar-refractivity contribution >= 4 is 16.5 Å². The minimum Gasteiger partial charge on any atom is -0.346 e. The molecule has 0 amide bonds. The molecule has 0 saturated carbocycles. The maximum Gasteiger partial charge on any atom is 0.394 e. The van der Waals surface area contributed by atoms with Gasteiger partial charge in [-0.25, -0.2) is 4.98 Å². The fraction of sp³-hybridized carbons (Fsp3) is 0.727. The second-order valence-corrected chi connectivity index (χ2v) is 5.45. The molecular weight excluding hydrogens is 277 g/mol. The number of thiazole rings is 1. The minimum absolute atomic E-state index is 0.00823. The van der Waals surface area contributed by atoms with Crippen LogP contribution in [0.2, 0.25) is 0 Å². The van der Waals surface area contributed by atoms with Gasteiger partial charge in [0.15, 0.2) is 5.13 Å². The van der Waals surface area contributed by atoms with E-state index in [2.05, 4.69) is 9.88 Å². The summed E-state index contributed by atoms with van der Waals surface area (Å²) in [6, 6.07) is 0. The van der Waals surface area contributed by atoms with Crippen molar-refractivity contribution in [2.75, 3.05) is 44.2 Å². The van der Waals surface area contributed by atoms with Gasteiger partial charge in [0.05, 0.1) is 5.92 Å². The van der Waals surface area contributed by atoms with Crippen LogP contribution in [-0.2, 0) is 0 Å². The highest BCUT2D eigenvalue weighted by Crippen LogP contribution is 2.27. The molecule has 0 bridgehead atoms. The Balaban J connectivity index is 1.83. The van der Waals surface area contributed by atoms with Crippen molar-refractivity contribution in [3.63, 3.8) is 0 Å². The van der Waals surface area contributed by atoms with Gasteiger partial charge in [-0.2, -0.15) is 13.2 Å². The topological polar surface area (TPSA) is 45.4 Å². The summed E-state index contributed by atoms with van der Waals surface area (Å²) in [6.07, 6.45) is -2.47. The molecule has 0 aromatic carbocycles. The number of nitrogens with two attached hydrogens (primary N) is 1. The van der Waals surface area contributed by atoms with Gasteiger partial charge in [0.1, 0.15) is 0 Å². The largest absolute Gasteiger partial charge is 0.394 e. The van der Waals surface area contributed by atoms with Crippen LogP contribution in [0.15, 0.2) is 11.6 Å². The van der Waals surface area contributed by atoms with Gasteiger partial charge < -0.3 is 10.6 Å². The minimum atomic E-state index is -4.21. The first-order valence-electron chi connectivity index (χ1n) is 6.14. The smallest absolute Gasteiger partial charge is 0.346 e. The van der Waals surface area contributed by atoms with Crippen LogP contribution in [0.4, 0.5) is 18.3 Å². The molecule has 1 aromatic heterocycles. The Bertz CT molecular complexity index is 374. The highest BCUT2D eigenvalue weighted by atomic mass is 32.1. The molecular formula is C11H17F3N4S. The lowest BCUT2D eigenvalue weighted by Gasteiger charge is -2.36. The van der Waals surface area contributed by atoms with Crippen LogP contribution in [0.5, 0.6) is 0 Å². The SMILES string of the molecule is NCC(CN1CCN(c2nccs2)CC1)C(F)(F)F. The zero-order chi connectivity index (χ0) is 13.9. The lowest BCUT2D eigenvalue weighted by atomic mass is 10.1. The maximum atomic E-state index is 12.6. The van der Waals surface area contributed by atoms with Crippen LogP contribution >= 0.6 is 11.3 Å². The van der Waals surface area contributed by atoms with Gasteiger partial charge in [-0.3, -0.25) is 4.90 Å². The van der Waals surface area contributed by atoms with Crippen molar-refractivity contribution in [2.45, 2.75) is 6.18 Å². The highest BCUT2D eigenvalue weighted by Gasteiger charge is 2.39. The second kappa shape index (κ2) is 6.06. The van der Waals surface area contributed by atoms with Gasteiger partial charge >= 0.3 is 6.18 Å². The molecule has 2 N–H and O–H groups in total. The molecule has 2 rings (SSSR count). The molecule has 1 aliphatic heterocycles. The van der Waals surface area contributed by atoms with E-state index in [1.165, 1.54) is 0 Å². The van der Waals surface area contributed by atoms with E-state index in [0.717, 1.165) is 5.13 Å². The fourth-order valence-corrected chi connectivity index (χ4v) is 2.81. The molecule has 1 fully saturated rings. The van der Waals surface area contributed by atoms with Gasteiger partial charge in [0.25, 0.3) is 0 Å². The van der Waals surface area contributed by atoms with Crippen LogP contribution in [0.3, 0.4) is 0 Å². The first kappa shape index (κ1) is 14.5. The number of hydrogen-bond donors (Lipinski definition) is 1. The summed E-state index contributed by atoms with van der Waals surface area (Å²) in [6.45, 7) is 2.30. The Labute approximate surface area is 114 Å². The number of hydrogen-bond acceptors (Lipinski definition) is 5. The van der Waals surface area contributed by atoms with E-state index in [-0.39, 0.29) is 13.1 Å². The van der Waals surface area contributed by atoms with Gasteiger partial charge in [0, 0.05) is 50.8 Å². The lowest BCUT2D eigenvalue weighted by Crippen LogP contribution is -2.50. The van der Waals surface area contributed by atoms with E-state index in [1.807, 2.05) is 10.3 Å². The first-order chi connectivity index (χ1) is 9.00. The molecule has 19 heavy (non-hydrogen) atoms. The molecule has 0 aliphatic carbocycles. The van der Waals surface area contributed by atoms with E-state index in [4.69, 9.17) is 5.73 Å². The Kier molecular flexibility index (Phi) is 4.64. The molecule has 0 spiro atoms.